The minimum Gasteiger partial charge on any atom is -1.00 e. The van der Waals surface area contributed by atoms with Crippen molar-refractivity contribution in [2.45, 2.75) is 17.1 Å². The van der Waals surface area contributed by atoms with Gasteiger partial charge < -0.3 is 6.74 Å². The molecule has 0 saturated carbocycles. The average Bonchev–Trinajstić information content (AvgIpc) is 2.17. The molecule has 0 bridgehead atoms. The van der Waals surface area contributed by atoms with Crippen molar-refractivity contribution in [3.8, 4) is 0 Å². The Hall–Kier alpha value is 0.586. The van der Waals surface area contributed by atoms with Gasteiger partial charge in [0.1, 0.15) is 0 Å². The van der Waals surface area contributed by atoms with Gasteiger partial charge in [-0.25, -0.2) is 0 Å². The summed E-state index contributed by atoms with van der Waals surface area (Å²) in [6, 6.07) is 5.18. The second-order valence-corrected chi connectivity index (χ2v) is 5.36. The monoisotopic (exact) mass is 301 g/mol. The van der Waals surface area contributed by atoms with Crippen molar-refractivity contribution < 1.29 is 70.6 Å². The molecule has 8 heteroatoms. The first-order chi connectivity index (χ1) is 7.30. The Morgan fingerprint density at radius 1 is 1.41 bits per heavy atom. The molecule has 0 spiro atoms. The number of carbonyl (C=O) groups excluding carboxylic acids is 1. The summed E-state index contributed by atoms with van der Waals surface area (Å²) in [6.45, 7) is 1.62. The van der Waals surface area contributed by atoms with Gasteiger partial charge in [-0.1, -0.05) is 0 Å². The smallest absolute Gasteiger partial charge is 1.00 e. The van der Waals surface area contributed by atoms with Crippen molar-refractivity contribution in [1.82, 2.24) is 0 Å². The van der Waals surface area contributed by atoms with Gasteiger partial charge >= 0.3 is 51.4 Å². The van der Waals surface area contributed by atoms with E-state index in [0.29, 0.717) is 5.69 Å². The van der Waals surface area contributed by atoms with Crippen LogP contribution in [0.4, 0.5) is 5.69 Å². The molecule has 0 heterocycles. The van der Waals surface area contributed by atoms with Crippen molar-refractivity contribution in [3.05, 3.63) is 24.3 Å². The normalized spacial score (nSPS) is 12.4. The second-order valence-electron chi connectivity index (χ2n) is 3.16. The maximum Gasteiger partial charge on any atom is 1.00 e. The molecular formula is C9H12KNO4S2. The Labute approximate surface area is 149 Å². The van der Waals surface area contributed by atoms with Gasteiger partial charge in [0.15, 0.2) is 0 Å². The topological polar surface area (TPSA) is 83.5 Å². The van der Waals surface area contributed by atoms with Crippen LogP contribution in [-0.4, -0.2) is 24.1 Å². The molecule has 0 radical (unpaired) electrons. The molecule has 1 aromatic carbocycles. The van der Waals surface area contributed by atoms with Crippen LogP contribution in [-0.2, 0) is 14.9 Å². The summed E-state index contributed by atoms with van der Waals surface area (Å²) < 4.78 is 30.2. The van der Waals surface area contributed by atoms with Crippen LogP contribution in [0.1, 0.15) is 8.35 Å². The summed E-state index contributed by atoms with van der Waals surface area (Å²) >= 11 is 3.94. The SMILES string of the molecule is CC(S)C(=O)Nc1ccc(S(=O)(=O)O)cc1.[H-].[K+]. The average molecular weight is 301 g/mol. The van der Waals surface area contributed by atoms with Gasteiger partial charge in [-0.15, -0.1) is 0 Å². The molecule has 1 rings (SSSR count). The molecule has 17 heavy (non-hydrogen) atoms. The third-order valence-corrected chi connectivity index (χ3v) is 2.90. The molecule has 90 valence electrons. The van der Waals surface area contributed by atoms with Crippen LogP contribution in [0.5, 0.6) is 0 Å². The summed E-state index contributed by atoms with van der Waals surface area (Å²) in [6.07, 6.45) is 0. The summed E-state index contributed by atoms with van der Waals surface area (Å²) in [4.78, 5) is 11.0. The third-order valence-electron chi connectivity index (χ3n) is 1.80. The number of hydrogen-bond acceptors (Lipinski definition) is 4. The molecule has 2 N–H and O–H groups in total. The molecular weight excluding hydrogens is 289 g/mol. The molecule has 0 saturated heterocycles. The summed E-state index contributed by atoms with van der Waals surface area (Å²) in [5, 5.41) is 2.07. The van der Waals surface area contributed by atoms with E-state index in [1.165, 1.54) is 24.3 Å². The molecule has 1 unspecified atom stereocenters. The minimum absolute atomic E-state index is 0. The first kappa shape index (κ1) is 17.6. The fraction of sp³-hybridized carbons (Fsp3) is 0.222. The molecule has 1 atom stereocenters. The summed E-state index contributed by atoms with van der Waals surface area (Å²) in [7, 11) is -4.19. The van der Waals surface area contributed by atoms with Crippen molar-refractivity contribution in [1.29, 1.82) is 0 Å². The van der Waals surface area contributed by atoms with E-state index in [1.54, 1.807) is 6.92 Å². The van der Waals surface area contributed by atoms with E-state index < -0.39 is 15.4 Å². The van der Waals surface area contributed by atoms with Crippen LogP contribution in [0.15, 0.2) is 29.2 Å². The number of rotatable bonds is 3. The number of nitrogens with one attached hydrogen (secondary N) is 1. The van der Waals surface area contributed by atoms with Crippen LogP contribution in [0.2, 0.25) is 0 Å². The maximum absolute atomic E-state index is 11.2. The molecule has 5 nitrogen and oxygen atoms in total. The Morgan fingerprint density at radius 2 is 1.88 bits per heavy atom. The zero-order valence-electron chi connectivity index (χ0n) is 10.4. The molecule has 0 aliphatic rings. The Kier molecular flexibility index (Phi) is 7.49. The Morgan fingerprint density at radius 3 is 2.24 bits per heavy atom. The van der Waals surface area contributed by atoms with Crippen LogP contribution in [0, 0.1) is 0 Å². The van der Waals surface area contributed by atoms with Crippen LogP contribution in [0.3, 0.4) is 0 Å². The van der Waals surface area contributed by atoms with E-state index in [1.807, 2.05) is 0 Å². The van der Waals surface area contributed by atoms with Gasteiger partial charge in [-0.3, -0.25) is 9.35 Å². The van der Waals surface area contributed by atoms with Crippen LogP contribution >= 0.6 is 12.6 Å². The summed E-state index contributed by atoms with van der Waals surface area (Å²) in [5.41, 5.74) is 0.443. The van der Waals surface area contributed by atoms with Crippen molar-refractivity contribution in [2.75, 3.05) is 5.32 Å². The number of hydrogen-bond donors (Lipinski definition) is 3. The number of benzene rings is 1. The van der Waals surface area contributed by atoms with E-state index in [4.69, 9.17) is 4.55 Å². The molecule has 0 aromatic heterocycles. The van der Waals surface area contributed by atoms with E-state index >= 15 is 0 Å². The van der Waals surface area contributed by atoms with Crippen molar-refractivity contribution in [2.24, 2.45) is 0 Å². The predicted molar refractivity (Wildman–Crippen MR) is 64.4 cm³/mol. The van der Waals surface area contributed by atoms with E-state index in [-0.39, 0.29) is 63.6 Å². The molecule has 1 amide bonds. The molecule has 0 fully saturated rings. The fourth-order valence-corrected chi connectivity index (χ4v) is 1.50. The van der Waals surface area contributed by atoms with Crippen LogP contribution in [0.25, 0.3) is 0 Å². The quantitative estimate of drug-likeness (QED) is 0.353. The van der Waals surface area contributed by atoms with Crippen LogP contribution < -0.4 is 56.7 Å². The first-order valence-corrected chi connectivity index (χ1v) is 6.33. The van der Waals surface area contributed by atoms with Gasteiger partial charge in [-0.2, -0.15) is 21.0 Å². The Balaban J connectivity index is 0. The number of carbonyl (C=O) groups is 1. The van der Waals surface area contributed by atoms with E-state index in [0.717, 1.165) is 0 Å². The van der Waals surface area contributed by atoms with Gasteiger partial charge in [0, 0.05) is 5.69 Å². The zero-order valence-corrected chi connectivity index (χ0v) is 14.2. The second kappa shape index (κ2) is 7.24. The number of amides is 1. The largest absolute Gasteiger partial charge is 1.00 e. The predicted octanol–water partition coefficient (Wildman–Crippen LogP) is -1.69. The van der Waals surface area contributed by atoms with E-state index in [2.05, 4.69) is 17.9 Å². The van der Waals surface area contributed by atoms with Gasteiger partial charge in [-0.05, 0) is 31.2 Å². The van der Waals surface area contributed by atoms with E-state index in [9.17, 15) is 13.2 Å². The van der Waals surface area contributed by atoms with Gasteiger partial charge in [0.05, 0.1) is 10.1 Å². The van der Waals surface area contributed by atoms with Gasteiger partial charge in [0.2, 0.25) is 5.91 Å². The molecule has 0 aliphatic carbocycles. The molecule has 1 aromatic rings. The zero-order chi connectivity index (χ0) is 12.3. The van der Waals surface area contributed by atoms with Crippen molar-refractivity contribution in [3.63, 3.8) is 0 Å². The standard InChI is InChI=1S/C9H11NO4S2.K.H/c1-6(15)9(11)10-7-2-4-8(5-3-7)16(12,13)14;;/h2-6,15H,1H3,(H,10,11)(H,12,13,14);;/q;+1;-1. The Bertz CT molecular complexity index is 490. The fourth-order valence-electron chi connectivity index (χ4n) is 0.957. The number of anilines is 1. The minimum atomic E-state index is -4.19. The van der Waals surface area contributed by atoms with Gasteiger partial charge in [0.25, 0.3) is 10.1 Å². The first-order valence-electron chi connectivity index (χ1n) is 4.37. The van der Waals surface area contributed by atoms with Crippen molar-refractivity contribution >= 4 is 34.3 Å². The maximum atomic E-state index is 11.2. The molecule has 0 aliphatic heterocycles. The third kappa shape index (κ3) is 5.84. The number of thiol groups is 1. The summed E-state index contributed by atoms with van der Waals surface area (Å²) in [5.74, 6) is -0.289.